The van der Waals surface area contributed by atoms with Gasteiger partial charge in [0.05, 0.1) is 17.1 Å². The number of halogens is 5. The second kappa shape index (κ2) is 17.2. The second-order valence-corrected chi connectivity index (χ2v) is 16.1. The Morgan fingerprint density at radius 2 is 1.20 bits per heavy atom. The summed E-state index contributed by atoms with van der Waals surface area (Å²) in [5, 5.41) is 10.0. The number of alkyl halides is 3. The summed E-state index contributed by atoms with van der Waals surface area (Å²) in [7, 11) is 0. The van der Waals surface area contributed by atoms with Crippen LogP contribution in [0, 0.1) is 13.8 Å². The van der Waals surface area contributed by atoms with Gasteiger partial charge in [0.2, 0.25) is 11.8 Å². The first-order valence-corrected chi connectivity index (χ1v) is 20.3. The predicted molar refractivity (Wildman–Crippen MR) is 223 cm³/mol. The molecule has 2 aliphatic carbocycles. The number of hydrogen-bond donors (Lipinski definition) is 1. The van der Waals surface area contributed by atoms with Gasteiger partial charge in [0, 0.05) is 34.3 Å². The third-order valence-electron chi connectivity index (χ3n) is 10.8. The molecule has 0 amide bonds. The van der Waals surface area contributed by atoms with Crippen LogP contribution in [0.3, 0.4) is 0 Å². The predicted octanol–water partition coefficient (Wildman–Crippen LogP) is 8.76. The fourth-order valence-corrected chi connectivity index (χ4v) is 7.75. The third-order valence-corrected chi connectivity index (χ3v) is 11.5. The van der Waals surface area contributed by atoms with Gasteiger partial charge < -0.3 is 14.0 Å². The Morgan fingerprint density at radius 3 is 1.70 bits per heavy atom. The molecule has 2 aliphatic rings. The van der Waals surface area contributed by atoms with Crippen LogP contribution < -0.4 is 11.1 Å². The van der Waals surface area contributed by atoms with E-state index < -0.39 is 11.3 Å². The summed E-state index contributed by atoms with van der Waals surface area (Å²) in [5.74, 6) is 1.67. The number of nitrogens with one attached hydrogen (secondary N) is 1. The van der Waals surface area contributed by atoms with Gasteiger partial charge in [0.25, 0.3) is 11.1 Å². The summed E-state index contributed by atoms with van der Waals surface area (Å²) in [4.78, 5) is 51.3. The van der Waals surface area contributed by atoms with Gasteiger partial charge in [-0.2, -0.15) is 9.97 Å². The Kier molecular flexibility index (Phi) is 11.8. The number of H-pyrrole nitrogens is 1. The highest BCUT2D eigenvalue weighted by atomic mass is 35.5. The summed E-state index contributed by atoms with van der Waals surface area (Å²) in [6.45, 7) is 3.79. The van der Waals surface area contributed by atoms with Crippen molar-refractivity contribution < 1.29 is 17.8 Å². The summed E-state index contributed by atoms with van der Waals surface area (Å²) in [6.07, 6.45) is 7.29. The average molecular weight is 888 g/mol. The first kappa shape index (κ1) is 41.8. The standard InChI is InChI=1S/C21H17ClFN5O2.C13H11Cl2FN2O.C8H7N3O/c1-12-6-7-24-19-17(12)20(29)28(11-25-19)10-16-26-18(27-30-16)13-8-21(23,9-13)14-2-4-15(22)5-3-14;14-7-11-17-12(18-19-11)8-5-13(16,6-8)9-1-3-10(15)4-2-9;1-5-2-3-9-7-6(5)8(12)11-4-10-7/h2-7,11,13H,8-10H2,1H3;1-4,8H,5-7H2;2-4H,1H3,(H,9,10,11,12). The van der Waals surface area contributed by atoms with E-state index in [1.165, 1.54) is 17.2 Å². The van der Waals surface area contributed by atoms with Crippen LogP contribution in [0.2, 0.25) is 10.0 Å². The molecule has 2 aromatic carbocycles. The summed E-state index contributed by atoms with van der Waals surface area (Å²) >= 11 is 17.3. The third kappa shape index (κ3) is 8.79. The van der Waals surface area contributed by atoms with E-state index in [0.29, 0.717) is 73.6 Å². The van der Waals surface area contributed by atoms with E-state index >= 15 is 4.39 Å². The molecule has 14 nitrogen and oxygen atoms in total. The quantitative estimate of drug-likeness (QED) is 0.150. The maximum Gasteiger partial charge on any atom is 0.263 e. The van der Waals surface area contributed by atoms with E-state index in [9.17, 15) is 14.0 Å². The lowest BCUT2D eigenvalue weighted by Crippen LogP contribution is -2.36. The van der Waals surface area contributed by atoms with Crippen molar-refractivity contribution in [1.82, 2.24) is 49.8 Å². The van der Waals surface area contributed by atoms with Crippen molar-refractivity contribution >= 4 is 56.9 Å². The van der Waals surface area contributed by atoms with E-state index in [1.807, 2.05) is 13.8 Å². The molecule has 312 valence electrons. The zero-order chi connectivity index (χ0) is 42.9. The molecule has 61 heavy (non-hydrogen) atoms. The van der Waals surface area contributed by atoms with E-state index in [4.69, 9.17) is 43.8 Å². The number of benzene rings is 2. The minimum Gasteiger partial charge on any atom is -0.338 e. The first-order chi connectivity index (χ1) is 29.3. The molecular weight excluding hydrogens is 853 g/mol. The number of aromatic nitrogens is 10. The number of fused-ring (bicyclic) bond motifs is 2. The highest BCUT2D eigenvalue weighted by Crippen LogP contribution is 2.54. The largest absolute Gasteiger partial charge is 0.338 e. The van der Waals surface area contributed by atoms with Crippen molar-refractivity contribution in [2.45, 2.75) is 75.1 Å². The lowest BCUT2D eigenvalue weighted by Gasteiger charge is -2.40. The van der Waals surface area contributed by atoms with Crippen molar-refractivity contribution in [1.29, 1.82) is 0 Å². The van der Waals surface area contributed by atoms with Crippen LogP contribution in [0.15, 0.2) is 104 Å². The smallest absolute Gasteiger partial charge is 0.263 e. The number of aryl methyl sites for hydroxylation is 2. The molecule has 19 heteroatoms. The van der Waals surface area contributed by atoms with E-state index in [0.717, 1.165) is 11.1 Å². The molecule has 0 spiro atoms. The Hall–Kier alpha value is -5.97. The minimum absolute atomic E-state index is 0.0126. The molecule has 2 fully saturated rings. The number of hydrogen-bond acceptors (Lipinski definition) is 12. The van der Waals surface area contributed by atoms with Crippen LogP contribution in [-0.2, 0) is 23.8 Å². The van der Waals surface area contributed by atoms with Gasteiger partial charge in [-0.05, 0) is 98.2 Å². The second-order valence-electron chi connectivity index (χ2n) is 14.9. The highest BCUT2D eigenvalue weighted by Gasteiger charge is 2.49. The van der Waals surface area contributed by atoms with Gasteiger partial charge in [-0.3, -0.25) is 14.2 Å². The van der Waals surface area contributed by atoms with E-state index in [2.05, 4.69) is 45.2 Å². The van der Waals surface area contributed by atoms with Crippen LogP contribution >= 0.6 is 34.8 Å². The fraction of sp³-hybridized carbons (Fsp3) is 0.286. The zero-order valence-electron chi connectivity index (χ0n) is 32.5. The van der Waals surface area contributed by atoms with Gasteiger partial charge in [0.1, 0.15) is 30.1 Å². The zero-order valence-corrected chi connectivity index (χ0v) is 34.8. The monoisotopic (exact) mass is 886 g/mol. The van der Waals surface area contributed by atoms with Crippen molar-refractivity contribution in [2.75, 3.05) is 0 Å². The van der Waals surface area contributed by atoms with Gasteiger partial charge in [-0.25, -0.2) is 28.7 Å². The SMILES string of the molecule is Cc1ccnc2nc[nH]c(=O)c12.Cc1ccnc2ncn(Cc3nc(C4CC(F)(c5ccc(Cl)cc5)C4)no3)c(=O)c12.FC1(c2ccc(Cl)cc2)CC(c2noc(CCl)n2)C1. The van der Waals surface area contributed by atoms with Gasteiger partial charge in [0.15, 0.2) is 22.9 Å². The molecule has 0 aliphatic heterocycles. The molecule has 0 atom stereocenters. The Balaban J connectivity index is 0.000000141. The molecule has 2 saturated carbocycles. The van der Waals surface area contributed by atoms with Crippen LogP contribution in [-0.4, -0.2) is 49.8 Å². The lowest BCUT2D eigenvalue weighted by atomic mass is 9.68. The molecule has 6 aromatic heterocycles. The Morgan fingerprint density at radius 1 is 0.705 bits per heavy atom. The van der Waals surface area contributed by atoms with E-state index in [1.54, 1.807) is 73.1 Å². The summed E-state index contributed by atoms with van der Waals surface area (Å²) in [6, 6.07) is 17.2. The maximum absolute atomic E-state index is 15.1. The topological polar surface area (TPSA) is 184 Å². The van der Waals surface area contributed by atoms with Crippen LogP contribution in [0.1, 0.15) is 83.2 Å². The fourth-order valence-electron chi connectivity index (χ4n) is 7.39. The van der Waals surface area contributed by atoms with Gasteiger partial charge in [-0.1, -0.05) is 57.8 Å². The van der Waals surface area contributed by atoms with Crippen molar-refractivity contribution in [3.63, 3.8) is 0 Å². The Bertz CT molecular complexity index is 2940. The molecule has 6 heterocycles. The van der Waals surface area contributed by atoms with E-state index in [-0.39, 0.29) is 54.1 Å². The van der Waals surface area contributed by atoms with Crippen LogP contribution in [0.5, 0.6) is 0 Å². The number of rotatable bonds is 7. The molecular formula is C42H35Cl3F2N10O4. The molecule has 0 unspecified atom stereocenters. The molecule has 0 saturated heterocycles. The molecule has 8 aromatic rings. The van der Waals surface area contributed by atoms with Gasteiger partial charge >= 0.3 is 0 Å². The summed E-state index contributed by atoms with van der Waals surface area (Å²) in [5.41, 5.74) is 0.751. The lowest BCUT2D eigenvalue weighted by molar-refractivity contribution is 0.0333. The summed E-state index contributed by atoms with van der Waals surface area (Å²) < 4.78 is 41.4. The van der Waals surface area contributed by atoms with Crippen molar-refractivity contribution in [2.24, 2.45) is 0 Å². The van der Waals surface area contributed by atoms with Crippen LogP contribution in [0.4, 0.5) is 8.78 Å². The highest BCUT2D eigenvalue weighted by molar-refractivity contribution is 6.30. The van der Waals surface area contributed by atoms with Crippen molar-refractivity contribution in [3.05, 3.63) is 162 Å². The van der Waals surface area contributed by atoms with Crippen molar-refractivity contribution in [3.8, 4) is 0 Å². The molecule has 10 rings (SSSR count). The molecule has 0 bridgehead atoms. The normalized spacial score (nSPS) is 20.5. The number of aromatic amines is 1. The number of pyridine rings is 2. The molecule has 1 N–H and O–H groups in total. The minimum atomic E-state index is -1.42. The maximum atomic E-state index is 15.1. The van der Waals surface area contributed by atoms with Crippen LogP contribution in [0.25, 0.3) is 22.1 Å². The average Bonchev–Trinajstić information content (AvgIpc) is 3.91. The number of nitrogens with zero attached hydrogens (tertiary/aromatic N) is 9. The first-order valence-electron chi connectivity index (χ1n) is 19.0. The Labute approximate surface area is 360 Å². The molecule has 0 radical (unpaired) electrons. The van der Waals surface area contributed by atoms with Gasteiger partial charge in [-0.15, -0.1) is 11.6 Å².